The minimum atomic E-state index is 0.640. The predicted molar refractivity (Wildman–Crippen MR) is 96.4 cm³/mol. The smallest absolute Gasteiger partial charge is 0.0630 e. The minimum absolute atomic E-state index is 0.640. The van der Waals surface area contributed by atoms with Gasteiger partial charge in [-0.3, -0.25) is 4.99 Å². The molecule has 0 unspecified atom stereocenters. The maximum atomic E-state index is 5.82. The predicted octanol–water partition coefficient (Wildman–Crippen LogP) is 5.26. The fourth-order valence-electron chi connectivity index (χ4n) is 2.02. The Balaban J connectivity index is 2.06. The number of aliphatic imine (C=N–C) groups is 1. The van der Waals surface area contributed by atoms with Crippen molar-refractivity contribution in [1.82, 2.24) is 0 Å². The number of rotatable bonds is 6. The van der Waals surface area contributed by atoms with Gasteiger partial charge in [0.2, 0.25) is 0 Å². The fourth-order valence-corrected chi connectivity index (χ4v) is 2.49. The van der Waals surface area contributed by atoms with Crippen molar-refractivity contribution < 1.29 is 0 Å². The highest BCUT2D eigenvalue weighted by molar-refractivity contribution is 9.10. The zero-order valence-corrected chi connectivity index (χ0v) is 14.3. The molecule has 0 saturated carbocycles. The van der Waals surface area contributed by atoms with Crippen LogP contribution in [0, 0.1) is 0 Å². The number of anilines is 1. The van der Waals surface area contributed by atoms with E-state index in [1.807, 2.05) is 30.5 Å². The lowest BCUT2D eigenvalue weighted by atomic mass is 10.2. The molecule has 110 valence electrons. The fraction of sp³-hybridized carbons (Fsp3) is 0.235. The lowest BCUT2D eigenvalue weighted by Gasteiger charge is -2.21. The molecule has 0 spiro atoms. The molecular formula is C17H18BrClN2. The summed E-state index contributed by atoms with van der Waals surface area (Å²) in [5.41, 5.74) is 3.22. The summed E-state index contributed by atoms with van der Waals surface area (Å²) in [6.45, 7) is 3.96. The topological polar surface area (TPSA) is 15.6 Å². The highest BCUT2D eigenvalue weighted by Gasteiger charge is 2.02. The molecule has 0 aliphatic rings. The third-order valence-electron chi connectivity index (χ3n) is 3.18. The first-order valence-corrected chi connectivity index (χ1v) is 8.26. The summed E-state index contributed by atoms with van der Waals surface area (Å²) in [7, 11) is 0. The highest BCUT2D eigenvalue weighted by atomic mass is 79.9. The van der Waals surface area contributed by atoms with Crippen LogP contribution in [-0.4, -0.2) is 25.2 Å². The SMILES string of the molecule is CCN(CCCl)c1ccc(C=Nc2ccc(Br)cc2)cc1. The van der Waals surface area contributed by atoms with Gasteiger partial charge in [-0.05, 0) is 48.9 Å². The van der Waals surface area contributed by atoms with Gasteiger partial charge in [-0.1, -0.05) is 28.1 Å². The van der Waals surface area contributed by atoms with Gasteiger partial charge in [0.05, 0.1) is 5.69 Å². The molecule has 0 saturated heterocycles. The summed E-state index contributed by atoms with van der Waals surface area (Å²) in [4.78, 5) is 6.72. The summed E-state index contributed by atoms with van der Waals surface area (Å²) in [5.74, 6) is 0.640. The quantitative estimate of drug-likeness (QED) is 0.503. The van der Waals surface area contributed by atoms with Crippen molar-refractivity contribution in [3.05, 3.63) is 58.6 Å². The van der Waals surface area contributed by atoms with E-state index in [9.17, 15) is 0 Å². The number of hydrogen-bond acceptors (Lipinski definition) is 2. The molecule has 2 aromatic rings. The van der Waals surface area contributed by atoms with Gasteiger partial charge in [0.15, 0.2) is 0 Å². The van der Waals surface area contributed by atoms with Gasteiger partial charge < -0.3 is 4.90 Å². The Morgan fingerprint density at radius 1 is 1.10 bits per heavy atom. The van der Waals surface area contributed by atoms with Crippen LogP contribution in [-0.2, 0) is 0 Å². The summed E-state index contributed by atoms with van der Waals surface area (Å²) in [6, 6.07) is 16.3. The number of nitrogens with zero attached hydrogens (tertiary/aromatic N) is 2. The maximum Gasteiger partial charge on any atom is 0.0630 e. The van der Waals surface area contributed by atoms with Crippen molar-refractivity contribution >= 4 is 45.1 Å². The van der Waals surface area contributed by atoms with E-state index in [1.54, 1.807) is 0 Å². The Kier molecular flexibility index (Phi) is 6.27. The summed E-state index contributed by atoms with van der Waals surface area (Å²) in [5, 5.41) is 0. The van der Waals surface area contributed by atoms with E-state index in [-0.39, 0.29) is 0 Å². The van der Waals surface area contributed by atoms with Crippen molar-refractivity contribution in [3.8, 4) is 0 Å². The maximum absolute atomic E-state index is 5.82. The van der Waals surface area contributed by atoms with Crippen molar-refractivity contribution in [2.75, 3.05) is 23.9 Å². The van der Waals surface area contributed by atoms with Crippen LogP contribution in [0.2, 0.25) is 0 Å². The average molecular weight is 366 g/mol. The van der Waals surface area contributed by atoms with E-state index in [0.29, 0.717) is 5.88 Å². The van der Waals surface area contributed by atoms with Gasteiger partial charge in [-0.2, -0.15) is 0 Å². The van der Waals surface area contributed by atoms with Gasteiger partial charge in [0.1, 0.15) is 0 Å². The first-order valence-electron chi connectivity index (χ1n) is 6.93. The van der Waals surface area contributed by atoms with E-state index in [4.69, 9.17) is 11.6 Å². The van der Waals surface area contributed by atoms with Gasteiger partial charge in [-0.25, -0.2) is 0 Å². The largest absolute Gasteiger partial charge is 0.371 e. The van der Waals surface area contributed by atoms with Crippen LogP contribution in [0.4, 0.5) is 11.4 Å². The first kappa shape index (κ1) is 16.1. The summed E-state index contributed by atoms with van der Waals surface area (Å²) in [6.07, 6.45) is 1.88. The lowest BCUT2D eigenvalue weighted by molar-refractivity contribution is 0.870. The van der Waals surface area contributed by atoms with Crippen LogP contribution in [0.25, 0.3) is 0 Å². The van der Waals surface area contributed by atoms with Crippen molar-refractivity contribution in [3.63, 3.8) is 0 Å². The van der Waals surface area contributed by atoms with Crippen molar-refractivity contribution in [1.29, 1.82) is 0 Å². The highest BCUT2D eigenvalue weighted by Crippen LogP contribution is 2.18. The molecule has 2 rings (SSSR count). The van der Waals surface area contributed by atoms with Gasteiger partial charge >= 0.3 is 0 Å². The number of halogens is 2. The van der Waals surface area contributed by atoms with Crippen molar-refractivity contribution in [2.45, 2.75) is 6.92 Å². The molecule has 0 heterocycles. The zero-order valence-electron chi connectivity index (χ0n) is 12.0. The summed E-state index contributed by atoms with van der Waals surface area (Å²) < 4.78 is 1.06. The van der Waals surface area contributed by atoms with E-state index in [0.717, 1.165) is 28.8 Å². The molecule has 4 heteroatoms. The molecular weight excluding hydrogens is 348 g/mol. The standard InChI is InChI=1S/C17H18BrClN2/c1-2-21(12-11-19)17-9-3-14(4-10-17)13-20-16-7-5-15(18)6-8-16/h3-10,13H,2,11-12H2,1H3. The molecule has 0 aromatic heterocycles. The Labute approximate surface area is 139 Å². The second kappa shape index (κ2) is 8.20. The van der Waals surface area contributed by atoms with Gasteiger partial charge in [0, 0.05) is 35.3 Å². The Hall–Kier alpha value is -1.32. The molecule has 0 fully saturated rings. The van der Waals surface area contributed by atoms with E-state index in [2.05, 4.69) is 57.0 Å². The molecule has 0 atom stereocenters. The number of benzene rings is 2. The second-order valence-electron chi connectivity index (χ2n) is 4.59. The third kappa shape index (κ3) is 4.87. The number of alkyl halides is 1. The van der Waals surface area contributed by atoms with E-state index in [1.165, 1.54) is 5.69 Å². The molecule has 0 N–H and O–H groups in total. The van der Waals surface area contributed by atoms with Crippen LogP contribution in [0.3, 0.4) is 0 Å². The zero-order chi connectivity index (χ0) is 15.1. The van der Waals surface area contributed by atoms with E-state index < -0.39 is 0 Å². The monoisotopic (exact) mass is 364 g/mol. The van der Waals surface area contributed by atoms with Crippen molar-refractivity contribution in [2.24, 2.45) is 4.99 Å². The molecule has 21 heavy (non-hydrogen) atoms. The molecule has 0 bridgehead atoms. The van der Waals surface area contributed by atoms with Gasteiger partial charge in [-0.15, -0.1) is 11.6 Å². The molecule has 2 aromatic carbocycles. The second-order valence-corrected chi connectivity index (χ2v) is 5.89. The minimum Gasteiger partial charge on any atom is -0.371 e. The van der Waals surface area contributed by atoms with Crippen LogP contribution >= 0.6 is 27.5 Å². The molecule has 0 aliphatic heterocycles. The Bertz CT molecular complexity index is 579. The molecule has 0 radical (unpaired) electrons. The molecule has 0 aliphatic carbocycles. The Morgan fingerprint density at radius 2 is 1.76 bits per heavy atom. The lowest BCUT2D eigenvalue weighted by Crippen LogP contribution is -2.24. The van der Waals surface area contributed by atoms with Crippen LogP contribution in [0.1, 0.15) is 12.5 Å². The van der Waals surface area contributed by atoms with Crippen LogP contribution in [0.5, 0.6) is 0 Å². The van der Waals surface area contributed by atoms with Crippen LogP contribution < -0.4 is 4.90 Å². The summed E-state index contributed by atoms with van der Waals surface area (Å²) >= 11 is 9.24. The molecule has 0 amide bonds. The average Bonchev–Trinajstić information content (AvgIpc) is 2.53. The molecule has 2 nitrogen and oxygen atoms in total. The third-order valence-corrected chi connectivity index (χ3v) is 3.88. The van der Waals surface area contributed by atoms with Crippen LogP contribution in [0.15, 0.2) is 58.0 Å². The normalized spacial score (nSPS) is 11.0. The first-order chi connectivity index (χ1) is 10.2. The number of hydrogen-bond donors (Lipinski definition) is 0. The van der Waals surface area contributed by atoms with Gasteiger partial charge in [0.25, 0.3) is 0 Å². The van der Waals surface area contributed by atoms with E-state index >= 15 is 0 Å². The Morgan fingerprint density at radius 3 is 2.33 bits per heavy atom.